The van der Waals surface area contributed by atoms with Gasteiger partial charge in [0.25, 0.3) is 5.91 Å². The fourth-order valence-corrected chi connectivity index (χ4v) is 4.84. The van der Waals surface area contributed by atoms with Gasteiger partial charge in [0.1, 0.15) is 17.2 Å². The van der Waals surface area contributed by atoms with E-state index in [0.29, 0.717) is 12.1 Å². The summed E-state index contributed by atoms with van der Waals surface area (Å²) >= 11 is 0. The maximum atomic E-state index is 13.4. The molecule has 2 aromatic rings. The molecule has 2 aliphatic rings. The van der Waals surface area contributed by atoms with Crippen LogP contribution in [0.1, 0.15) is 55.1 Å². The van der Waals surface area contributed by atoms with Crippen LogP contribution in [-0.4, -0.2) is 66.2 Å². The Morgan fingerprint density at radius 2 is 1.72 bits per heavy atom. The van der Waals surface area contributed by atoms with E-state index in [1.165, 1.54) is 0 Å². The fraction of sp³-hybridized carbons (Fsp3) is 0.448. The molecular weight excluding hydrogens is 500 g/mol. The maximum Gasteiger partial charge on any atom is 0.408 e. The number of carbonyl (C=O) groups is 4. The fourth-order valence-electron chi connectivity index (χ4n) is 4.84. The first-order valence-corrected chi connectivity index (χ1v) is 13.0. The van der Waals surface area contributed by atoms with Gasteiger partial charge in [0.2, 0.25) is 11.8 Å². The van der Waals surface area contributed by atoms with Crippen LogP contribution in [0, 0.1) is 0 Å². The van der Waals surface area contributed by atoms with Crippen molar-refractivity contribution < 1.29 is 28.7 Å². The van der Waals surface area contributed by atoms with E-state index in [0.717, 1.165) is 22.3 Å². The highest BCUT2D eigenvalue weighted by atomic mass is 16.6. The van der Waals surface area contributed by atoms with E-state index in [2.05, 4.69) is 10.6 Å². The molecule has 0 saturated carbocycles. The minimum Gasteiger partial charge on any atom is -0.444 e. The van der Waals surface area contributed by atoms with Crippen molar-refractivity contribution in [3.63, 3.8) is 0 Å². The quantitative estimate of drug-likeness (QED) is 0.497. The molecule has 0 bridgehead atoms. The van der Waals surface area contributed by atoms with Gasteiger partial charge in [-0.3, -0.25) is 14.4 Å². The zero-order valence-electron chi connectivity index (χ0n) is 22.8. The van der Waals surface area contributed by atoms with Gasteiger partial charge in [-0.2, -0.15) is 0 Å². The van der Waals surface area contributed by atoms with E-state index in [4.69, 9.17) is 15.2 Å². The predicted molar refractivity (Wildman–Crippen MR) is 145 cm³/mol. The Morgan fingerprint density at radius 1 is 1.08 bits per heavy atom. The van der Waals surface area contributed by atoms with Crippen LogP contribution >= 0.6 is 0 Å². The van der Waals surface area contributed by atoms with E-state index < -0.39 is 35.1 Å². The summed E-state index contributed by atoms with van der Waals surface area (Å²) in [5.74, 6) is -1.19. The van der Waals surface area contributed by atoms with Gasteiger partial charge in [-0.15, -0.1) is 0 Å². The first-order valence-electron chi connectivity index (χ1n) is 13.0. The summed E-state index contributed by atoms with van der Waals surface area (Å²) < 4.78 is 10.8. The van der Waals surface area contributed by atoms with Crippen LogP contribution in [0.2, 0.25) is 0 Å². The summed E-state index contributed by atoms with van der Waals surface area (Å²) in [5, 5.41) is 5.46. The van der Waals surface area contributed by atoms with Crippen LogP contribution in [-0.2, 0) is 32.0 Å². The minimum atomic E-state index is -1.28. The van der Waals surface area contributed by atoms with Crippen molar-refractivity contribution in [3.05, 3.63) is 59.2 Å². The molecule has 4 N–H and O–H groups in total. The molecule has 0 aliphatic carbocycles. The number of alkyl carbamates (subject to hydrolysis) is 1. The van der Waals surface area contributed by atoms with Crippen LogP contribution in [0.15, 0.2) is 42.5 Å². The number of ether oxygens (including phenoxy) is 2. The van der Waals surface area contributed by atoms with Gasteiger partial charge in [-0.05, 0) is 49.1 Å². The number of fused-ring (bicyclic) bond motifs is 1. The second-order valence-corrected chi connectivity index (χ2v) is 11.2. The highest BCUT2D eigenvalue weighted by Gasteiger charge is 2.43. The molecule has 39 heavy (non-hydrogen) atoms. The number of nitrogens with two attached hydrogens (primary N) is 1. The van der Waals surface area contributed by atoms with Crippen molar-refractivity contribution in [2.45, 2.75) is 63.8 Å². The molecule has 4 amide bonds. The molecule has 10 nitrogen and oxygen atoms in total. The number of rotatable bonds is 7. The molecule has 0 radical (unpaired) electrons. The maximum absolute atomic E-state index is 13.4. The Balaban J connectivity index is 1.46. The number of hydrogen-bond acceptors (Lipinski definition) is 6. The number of amides is 4. The van der Waals surface area contributed by atoms with Crippen molar-refractivity contribution in [3.8, 4) is 11.1 Å². The number of primary amides is 1. The summed E-state index contributed by atoms with van der Waals surface area (Å²) in [6.07, 6.45) is -0.0756. The third-order valence-corrected chi connectivity index (χ3v) is 6.99. The molecule has 1 atom stereocenters. The third-order valence-electron chi connectivity index (χ3n) is 6.99. The first-order chi connectivity index (χ1) is 18.4. The molecule has 2 heterocycles. The van der Waals surface area contributed by atoms with E-state index in [9.17, 15) is 19.2 Å². The molecule has 1 fully saturated rings. The number of carbonyl (C=O) groups excluding carboxylic acids is 4. The smallest absolute Gasteiger partial charge is 0.408 e. The van der Waals surface area contributed by atoms with Gasteiger partial charge in [0.05, 0.1) is 0 Å². The SMILES string of the molecule is CN1Cc2ccc(-c3ccc(CC(NC(=O)C4(NC(=O)OC(C)(C)C)CCOCC4)C(N)=O)cc3)cc2C1=O. The molecular formula is C29H36N4O6. The molecule has 208 valence electrons. The van der Waals surface area contributed by atoms with Crippen molar-refractivity contribution in [2.75, 3.05) is 20.3 Å². The highest BCUT2D eigenvalue weighted by molar-refractivity contribution is 5.99. The van der Waals surface area contributed by atoms with Crippen LogP contribution in [0.25, 0.3) is 11.1 Å². The van der Waals surface area contributed by atoms with Crippen LogP contribution in [0.3, 0.4) is 0 Å². The summed E-state index contributed by atoms with van der Waals surface area (Å²) in [5.41, 5.74) is 7.99. The van der Waals surface area contributed by atoms with Gasteiger partial charge in [0, 0.05) is 51.6 Å². The largest absolute Gasteiger partial charge is 0.444 e. The van der Waals surface area contributed by atoms with Crippen molar-refractivity contribution in [2.24, 2.45) is 5.73 Å². The second kappa shape index (κ2) is 11.1. The normalized spacial score (nSPS) is 17.2. The zero-order valence-corrected chi connectivity index (χ0v) is 22.8. The molecule has 0 aromatic heterocycles. The van der Waals surface area contributed by atoms with E-state index >= 15 is 0 Å². The number of nitrogens with one attached hydrogen (secondary N) is 2. The third kappa shape index (κ3) is 6.57. The second-order valence-electron chi connectivity index (χ2n) is 11.2. The Morgan fingerprint density at radius 3 is 2.33 bits per heavy atom. The van der Waals surface area contributed by atoms with Gasteiger partial charge in [-0.1, -0.05) is 36.4 Å². The topological polar surface area (TPSA) is 140 Å². The summed E-state index contributed by atoms with van der Waals surface area (Å²) in [6, 6.07) is 12.4. The predicted octanol–water partition coefficient (Wildman–Crippen LogP) is 2.53. The van der Waals surface area contributed by atoms with Gasteiger partial charge in [-0.25, -0.2) is 4.79 Å². The summed E-state index contributed by atoms with van der Waals surface area (Å²) in [6.45, 7) is 6.36. The van der Waals surface area contributed by atoms with Crippen molar-refractivity contribution in [1.29, 1.82) is 0 Å². The lowest BCUT2D eigenvalue weighted by molar-refractivity contribution is -0.135. The first kappa shape index (κ1) is 28.1. The number of benzene rings is 2. The Hall–Kier alpha value is -3.92. The lowest BCUT2D eigenvalue weighted by Crippen LogP contribution is -2.64. The Labute approximate surface area is 228 Å². The van der Waals surface area contributed by atoms with E-state index in [1.54, 1.807) is 32.7 Å². The minimum absolute atomic E-state index is 0.00645. The number of hydrogen-bond donors (Lipinski definition) is 3. The average Bonchev–Trinajstić information content (AvgIpc) is 3.16. The molecule has 4 rings (SSSR count). The molecule has 2 aromatic carbocycles. The lowest BCUT2D eigenvalue weighted by atomic mass is 9.88. The van der Waals surface area contributed by atoms with Gasteiger partial charge in [0.15, 0.2) is 0 Å². The number of nitrogens with zero attached hydrogens (tertiary/aromatic N) is 1. The monoisotopic (exact) mass is 536 g/mol. The average molecular weight is 537 g/mol. The summed E-state index contributed by atoms with van der Waals surface area (Å²) in [4.78, 5) is 52.3. The standard InChI is InChI=1S/C29H36N4O6/c1-28(2,3)39-27(37)32-29(11-13-38-14-12-29)26(36)31-23(24(30)34)15-18-5-7-19(8-6-18)20-9-10-21-17-33(4)25(35)22(21)16-20/h5-10,16,23H,11-15,17H2,1-4H3,(H2,30,34)(H,31,36)(H,32,37). The summed E-state index contributed by atoms with van der Waals surface area (Å²) in [7, 11) is 1.78. The van der Waals surface area contributed by atoms with Crippen molar-refractivity contribution in [1.82, 2.24) is 15.5 Å². The Bertz CT molecular complexity index is 1260. The van der Waals surface area contributed by atoms with Crippen molar-refractivity contribution >= 4 is 23.8 Å². The molecule has 1 unspecified atom stereocenters. The van der Waals surface area contributed by atoms with E-state index in [1.807, 2.05) is 42.5 Å². The van der Waals surface area contributed by atoms with Crippen LogP contribution < -0.4 is 16.4 Å². The molecule has 0 spiro atoms. The molecule has 10 heteroatoms. The van der Waals surface area contributed by atoms with Crippen LogP contribution in [0.5, 0.6) is 0 Å². The van der Waals surface area contributed by atoms with Crippen LogP contribution in [0.4, 0.5) is 4.79 Å². The lowest BCUT2D eigenvalue weighted by Gasteiger charge is -2.37. The van der Waals surface area contributed by atoms with E-state index in [-0.39, 0.29) is 38.4 Å². The Kier molecular flexibility index (Phi) is 7.96. The van der Waals surface area contributed by atoms with Gasteiger partial charge >= 0.3 is 6.09 Å². The van der Waals surface area contributed by atoms with Gasteiger partial charge < -0.3 is 30.7 Å². The highest BCUT2D eigenvalue weighted by Crippen LogP contribution is 2.28. The zero-order chi connectivity index (χ0) is 28.4. The molecule has 2 aliphatic heterocycles. The molecule has 1 saturated heterocycles.